The molecular formula is C16H31N3. The largest absolute Gasteiger partial charge is 0.314 e. The Bertz CT molecular complexity index is 267. The number of nitrogens with zero attached hydrogens (tertiary/aromatic N) is 2. The van der Waals surface area contributed by atoms with Crippen molar-refractivity contribution in [1.82, 2.24) is 15.1 Å². The van der Waals surface area contributed by atoms with Gasteiger partial charge in [0, 0.05) is 18.1 Å². The molecule has 3 aliphatic heterocycles. The lowest BCUT2D eigenvalue weighted by Crippen LogP contribution is -2.52. The van der Waals surface area contributed by atoms with Gasteiger partial charge in [0.2, 0.25) is 0 Å². The van der Waals surface area contributed by atoms with Crippen LogP contribution in [0.15, 0.2) is 0 Å². The van der Waals surface area contributed by atoms with Gasteiger partial charge in [0.15, 0.2) is 0 Å². The van der Waals surface area contributed by atoms with E-state index >= 15 is 0 Å². The quantitative estimate of drug-likeness (QED) is 0.825. The highest BCUT2D eigenvalue weighted by Gasteiger charge is 2.30. The van der Waals surface area contributed by atoms with Gasteiger partial charge >= 0.3 is 0 Å². The summed E-state index contributed by atoms with van der Waals surface area (Å²) in [6.07, 6.45) is 9.88. The van der Waals surface area contributed by atoms with Crippen molar-refractivity contribution in [3.63, 3.8) is 0 Å². The molecule has 3 saturated heterocycles. The van der Waals surface area contributed by atoms with Crippen LogP contribution in [-0.2, 0) is 0 Å². The maximum atomic E-state index is 3.58. The van der Waals surface area contributed by atoms with Crippen molar-refractivity contribution in [3.8, 4) is 0 Å². The zero-order valence-electron chi connectivity index (χ0n) is 12.6. The van der Waals surface area contributed by atoms with Crippen LogP contribution in [0.25, 0.3) is 0 Å². The van der Waals surface area contributed by atoms with Gasteiger partial charge in [-0.25, -0.2) is 0 Å². The molecule has 0 spiro atoms. The molecule has 0 bridgehead atoms. The first kappa shape index (κ1) is 13.8. The maximum Gasteiger partial charge on any atom is 0.0122 e. The predicted octanol–water partition coefficient (Wildman–Crippen LogP) is 2.08. The lowest BCUT2D eigenvalue weighted by Gasteiger charge is -2.44. The zero-order valence-corrected chi connectivity index (χ0v) is 12.6. The summed E-state index contributed by atoms with van der Waals surface area (Å²) < 4.78 is 0. The smallest absolute Gasteiger partial charge is 0.0122 e. The Morgan fingerprint density at radius 3 is 2.16 bits per heavy atom. The average molecular weight is 265 g/mol. The van der Waals surface area contributed by atoms with Gasteiger partial charge in [-0.15, -0.1) is 0 Å². The summed E-state index contributed by atoms with van der Waals surface area (Å²) in [5.41, 5.74) is 0. The van der Waals surface area contributed by atoms with Crippen molar-refractivity contribution in [2.75, 3.05) is 32.7 Å². The number of hydrogen-bond donors (Lipinski definition) is 1. The highest BCUT2D eigenvalue weighted by atomic mass is 15.2. The van der Waals surface area contributed by atoms with Crippen molar-refractivity contribution in [3.05, 3.63) is 0 Å². The molecule has 0 aromatic rings. The summed E-state index contributed by atoms with van der Waals surface area (Å²) in [5.74, 6) is 0. The van der Waals surface area contributed by atoms with E-state index in [1.807, 2.05) is 0 Å². The molecule has 110 valence electrons. The molecule has 0 radical (unpaired) electrons. The van der Waals surface area contributed by atoms with Crippen LogP contribution in [0.2, 0.25) is 0 Å². The Hall–Kier alpha value is -0.120. The van der Waals surface area contributed by atoms with E-state index in [2.05, 4.69) is 22.0 Å². The number of hydrogen-bond acceptors (Lipinski definition) is 3. The summed E-state index contributed by atoms with van der Waals surface area (Å²) in [7, 11) is 0. The molecular weight excluding hydrogens is 234 g/mol. The van der Waals surface area contributed by atoms with Crippen LogP contribution >= 0.6 is 0 Å². The average Bonchev–Trinajstić information content (AvgIpc) is 2.48. The lowest BCUT2D eigenvalue weighted by molar-refractivity contribution is 0.0593. The highest BCUT2D eigenvalue weighted by molar-refractivity contribution is 4.87. The first-order valence-electron chi connectivity index (χ1n) is 8.54. The molecule has 3 heterocycles. The third-order valence-electron chi connectivity index (χ3n) is 5.52. The molecule has 2 unspecified atom stereocenters. The van der Waals surface area contributed by atoms with Crippen LogP contribution in [0.4, 0.5) is 0 Å². The zero-order chi connectivity index (χ0) is 13.1. The van der Waals surface area contributed by atoms with E-state index in [1.165, 1.54) is 77.7 Å². The molecule has 3 rings (SSSR count). The van der Waals surface area contributed by atoms with Gasteiger partial charge in [-0.05, 0) is 78.2 Å². The molecule has 2 atom stereocenters. The molecule has 3 fully saturated rings. The normalized spacial score (nSPS) is 36.5. The van der Waals surface area contributed by atoms with Crippen LogP contribution < -0.4 is 5.32 Å². The first-order valence-corrected chi connectivity index (χ1v) is 8.54. The van der Waals surface area contributed by atoms with Crippen LogP contribution in [0.5, 0.6) is 0 Å². The minimum Gasteiger partial charge on any atom is -0.314 e. The van der Waals surface area contributed by atoms with E-state index < -0.39 is 0 Å². The number of likely N-dealkylation sites (tertiary alicyclic amines) is 2. The van der Waals surface area contributed by atoms with Crippen molar-refractivity contribution in [2.45, 2.75) is 70.0 Å². The SMILES string of the molecule is CC1CC(N2CCC(N3CCCCC3)CC2)CCN1. The van der Waals surface area contributed by atoms with Crippen molar-refractivity contribution >= 4 is 0 Å². The van der Waals surface area contributed by atoms with E-state index in [0.29, 0.717) is 0 Å². The summed E-state index contributed by atoms with van der Waals surface area (Å²) in [6, 6.07) is 2.48. The third-order valence-corrected chi connectivity index (χ3v) is 5.52. The Balaban J connectivity index is 1.46. The maximum absolute atomic E-state index is 3.58. The Morgan fingerprint density at radius 1 is 0.789 bits per heavy atom. The fraction of sp³-hybridized carbons (Fsp3) is 1.00. The minimum atomic E-state index is 0.721. The molecule has 0 aliphatic carbocycles. The first-order chi connectivity index (χ1) is 9.33. The van der Waals surface area contributed by atoms with E-state index in [1.54, 1.807) is 0 Å². The van der Waals surface area contributed by atoms with Crippen LogP contribution in [0.3, 0.4) is 0 Å². The monoisotopic (exact) mass is 265 g/mol. The van der Waals surface area contributed by atoms with E-state index in [4.69, 9.17) is 0 Å². The topological polar surface area (TPSA) is 18.5 Å². The second-order valence-electron chi connectivity index (χ2n) is 6.90. The summed E-state index contributed by atoms with van der Waals surface area (Å²) in [4.78, 5) is 5.57. The van der Waals surface area contributed by atoms with Gasteiger partial charge in [0.25, 0.3) is 0 Å². The van der Waals surface area contributed by atoms with Gasteiger partial charge < -0.3 is 15.1 Å². The number of nitrogens with one attached hydrogen (secondary N) is 1. The second kappa shape index (κ2) is 6.55. The van der Waals surface area contributed by atoms with Gasteiger partial charge in [-0.3, -0.25) is 0 Å². The minimum absolute atomic E-state index is 0.721. The van der Waals surface area contributed by atoms with E-state index in [-0.39, 0.29) is 0 Å². The molecule has 0 aromatic heterocycles. The lowest BCUT2D eigenvalue weighted by atomic mass is 9.94. The standard InChI is InChI=1S/C16H31N3/c1-14-13-16(5-8-17-14)19-11-6-15(7-12-19)18-9-3-2-4-10-18/h14-17H,2-13H2,1H3. The second-order valence-corrected chi connectivity index (χ2v) is 6.90. The highest BCUT2D eigenvalue weighted by Crippen LogP contribution is 2.24. The fourth-order valence-corrected chi connectivity index (χ4v) is 4.34. The van der Waals surface area contributed by atoms with Crippen LogP contribution in [-0.4, -0.2) is 60.6 Å². The molecule has 19 heavy (non-hydrogen) atoms. The van der Waals surface area contributed by atoms with Gasteiger partial charge in [0.05, 0.1) is 0 Å². The predicted molar refractivity (Wildman–Crippen MR) is 80.5 cm³/mol. The van der Waals surface area contributed by atoms with E-state index in [9.17, 15) is 0 Å². The van der Waals surface area contributed by atoms with Gasteiger partial charge in [-0.2, -0.15) is 0 Å². The van der Waals surface area contributed by atoms with Crippen molar-refractivity contribution in [2.24, 2.45) is 0 Å². The Labute approximate surface area is 118 Å². The summed E-state index contributed by atoms with van der Waals surface area (Å²) in [5, 5.41) is 3.58. The van der Waals surface area contributed by atoms with E-state index in [0.717, 1.165) is 18.1 Å². The number of piperidine rings is 3. The fourth-order valence-electron chi connectivity index (χ4n) is 4.34. The molecule has 3 heteroatoms. The molecule has 0 amide bonds. The molecule has 3 aliphatic rings. The Kier molecular flexibility index (Phi) is 4.78. The summed E-state index contributed by atoms with van der Waals surface area (Å²) in [6.45, 7) is 8.99. The third kappa shape index (κ3) is 3.50. The molecule has 0 saturated carbocycles. The molecule has 1 N–H and O–H groups in total. The molecule has 3 nitrogen and oxygen atoms in total. The molecule has 0 aromatic carbocycles. The Morgan fingerprint density at radius 2 is 1.47 bits per heavy atom. The summed E-state index contributed by atoms with van der Waals surface area (Å²) >= 11 is 0. The van der Waals surface area contributed by atoms with Gasteiger partial charge in [0.1, 0.15) is 0 Å². The van der Waals surface area contributed by atoms with Crippen LogP contribution in [0, 0.1) is 0 Å². The number of rotatable bonds is 2. The van der Waals surface area contributed by atoms with Crippen molar-refractivity contribution < 1.29 is 0 Å². The van der Waals surface area contributed by atoms with Gasteiger partial charge in [-0.1, -0.05) is 6.42 Å². The van der Waals surface area contributed by atoms with Crippen molar-refractivity contribution in [1.29, 1.82) is 0 Å². The van der Waals surface area contributed by atoms with Crippen LogP contribution in [0.1, 0.15) is 51.9 Å².